The van der Waals surface area contributed by atoms with Crippen LogP contribution in [-0.2, 0) is 11.3 Å². The molecule has 0 N–H and O–H groups in total. The van der Waals surface area contributed by atoms with Gasteiger partial charge in [-0.15, -0.1) is 0 Å². The lowest BCUT2D eigenvalue weighted by Gasteiger charge is -2.28. The number of para-hydroxylation sites is 1. The number of nitrogens with zero attached hydrogens (tertiary/aromatic N) is 2. The van der Waals surface area contributed by atoms with Gasteiger partial charge in [0.2, 0.25) is 0 Å². The summed E-state index contributed by atoms with van der Waals surface area (Å²) in [5.74, 6) is 0.216. The molecule has 1 aliphatic rings. The number of likely N-dealkylation sites (tertiary alicyclic amines) is 1. The van der Waals surface area contributed by atoms with E-state index in [0.29, 0.717) is 30.5 Å². The van der Waals surface area contributed by atoms with Crippen LogP contribution < -0.4 is 4.74 Å². The van der Waals surface area contributed by atoms with Crippen molar-refractivity contribution in [1.29, 1.82) is 0 Å². The normalized spacial score (nSPS) is 18.5. The Hall–Kier alpha value is -3.35. The lowest BCUT2D eigenvalue weighted by molar-refractivity contribution is 0.0201. The molecule has 1 fully saturated rings. The van der Waals surface area contributed by atoms with Gasteiger partial charge in [-0.3, -0.25) is 9.69 Å². The molecular formula is C26H29FN2O4. The number of aromatic nitrogens is 1. The third kappa shape index (κ3) is 5.18. The molecule has 174 valence electrons. The molecule has 7 heteroatoms. The van der Waals surface area contributed by atoms with Crippen LogP contribution in [0.5, 0.6) is 5.75 Å². The average molecular weight is 453 g/mol. The molecule has 1 aromatic heterocycles. The summed E-state index contributed by atoms with van der Waals surface area (Å²) in [5.41, 5.74) is 0.584. The summed E-state index contributed by atoms with van der Waals surface area (Å²) in [6.45, 7) is 7.80. The smallest absolute Gasteiger partial charge is 0.410 e. The summed E-state index contributed by atoms with van der Waals surface area (Å²) in [6.07, 6.45) is 1.74. The van der Waals surface area contributed by atoms with Crippen molar-refractivity contribution in [2.24, 2.45) is 0 Å². The molecule has 6 nitrogen and oxygen atoms in total. The minimum absolute atomic E-state index is 0.134. The van der Waals surface area contributed by atoms with E-state index in [0.717, 1.165) is 11.3 Å². The minimum atomic E-state index is -0.626. The lowest BCUT2D eigenvalue weighted by Crippen LogP contribution is -2.41. The molecule has 4 rings (SSSR count). The first-order valence-corrected chi connectivity index (χ1v) is 11.1. The summed E-state index contributed by atoms with van der Waals surface area (Å²) in [7, 11) is 0. The largest absolute Gasteiger partial charge is 0.489 e. The third-order valence-corrected chi connectivity index (χ3v) is 5.68. The van der Waals surface area contributed by atoms with Crippen molar-refractivity contribution in [3.63, 3.8) is 0 Å². The highest BCUT2D eigenvalue weighted by molar-refractivity contribution is 6.07. The Morgan fingerprint density at radius 1 is 1.12 bits per heavy atom. The van der Waals surface area contributed by atoms with Gasteiger partial charge in [-0.2, -0.15) is 0 Å². The van der Waals surface area contributed by atoms with Gasteiger partial charge in [0.15, 0.2) is 5.78 Å². The molecule has 3 aromatic rings. The van der Waals surface area contributed by atoms with Crippen LogP contribution in [0.1, 0.15) is 44.5 Å². The maximum atomic E-state index is 13.9. The Labute approximate surface area is 192 Å². The quantitative estimate of drug-likeness (QED) is 0.484. The van der Waals surface area contributed by atoms with Crippen molar-refractivity contribution in [2.45, 2.75) is 58.4 Å². The number of Topliss-reactive ketones (excluding diaryl/α,β-unsaturated/α-hetero) is 1. The van der Waals surface area contributed by atoms with Gasteiger partial charge in [0.1, 0.15) is 23.3 Å². The van der Waals surface area contributed by atoms with Gasteiger partial charge in [0.05, 0.1) is 12.6 Å². The first-order valence-electron chi connectivity index (χ1n) is 11.1. The first-order chi connectivity index (χ1) is 15.6. The fourth-order valence-corrected chi connectivity index (χ4v) is 4.30. The van der Waals surface area contributed by atoms with Crippen molar-refractivity contribution in [1.82, 2.24) is 9.47 Å². The predicted molar refractivity (Wildman–Crippen MR) is 124 cm³/mol. The number of hydrogen-bond acceptors (Lipinski definition) is 4. The summed E-state index contributed by atoms with van der Waals surface area (Å²) in [6, 6.07) is 13.7. The number of amides is 1. The Morgan fingerprint density at radius 3 is 2.52 bits per heavy atom. The maximum Gasteiger partial charge on any atom is 0.410 e. The van der Waals surface area contributed by atoms with E-state index in [1.807, 2.05) is 55.7 Å². The lowest BCUT2D eigenvalue weighted by atomic mass is 10.1. The molecule has 2 atom stereocenters. The predicted octanol–water partition coefficient (Wildman–Crippen LogP) is 5.44. The van der Waals surface area contributed by atoms with Crippen LogP contribution in [0.15, 0.2) is 54.7 Å². The molecule has 0 saturated carbocycles. The van der Waals surface area contributed by atoms with Gasteiger partial charge < -0.3 is 14.0 Å². The van der Waals surface area contributed by atoms with Crippen molar-refractivity contribution >= 4 is 22.8 Å². The summed E-state index contributed by atoms with van der Waals surface area (Å²) < 4.78 is 27.6. The second kappa shape index (κ2) is 8.89. The number of halogens is 1. The van der Waals surface area contributed by atoms with E-state index in [-0.39, 0.29) is 17.9 Å². The average Bonchev–Trinajstić information content (AvgIpc) is 3.29. The number of fused-ring (bicyclic) bond motifs is 1. The van der Waals surface area contributed by atoms with Crippen LogP contribution in [0.3, 0.4) is 0 Å². The number of ether oxygens (including phenoxy) is 2. The second-order valence-corrected chi connectivity index (χ2v) is 9.49. The summed E-state index contributed by atoms with van der Waals surface area (Å²) in [5, 5.41) is 0.571. The van der Waals surface area contributed by atoms with Gasteiger partial charge in [0, 0.05) is 35.6 Å². The van der Waals surface area contributed by atoms with Crippen LogP contribution in [0.2, 0.25) is 0 Å². The Bertz CT molecular complexity index is 1170. The van der Waals surface area contributed by atoms with E-state index in [1.54, 1.807) is 17.2 Å². The Balaban J connectivity index is 1.63. The highest BCUT2D eigenvalue weighted by atomic mass is 19.1. The van der Waals surface area contributed by atoms with Crippen molar-refractivity contribution < 1.29 is 23.5 Å². The van der Waals surface area contributed by atoms with Gasteiger partial charge in [-0.1, -0.05) is 18.2 Å². The highest BCUT2D eigenvalue weighted by Crippen LogP contribution is 2.29. The fraction of sp³-hybridized carbons (Fsp3) is 0.385. The number of rotatable bonds is 5. The number of carbonyl (C=O) groups excluding carboxylic acids is 2. The van der Waals surface area contributed by atoms with Gasteiger partial charge in [0.25, 0.3) is 0 Å². The fourth-order valence-electron chi connectivity index (χ4n) is 4.30. The topological polar surface area (TPSA) is 60.8 Å². The molecule has 1 amide bonds. The van der Waals surface area contributed by atoms with Crippen LogP contribution in [0.25, 0.3) is 10.9 Å². The van der Waals surface area contributed by atoms with Crippen LogP contribution in [0, 0.1) is 5.82 Å². The molecule has 2 aromatic carbocycles. The first kappa shape index (κ1) is 22.8. The Morgan fingerprint density at radius 2 is 1.85 bits per heavy atom. The van der Waals surface area contributed by atoms with E-state index >= 15 is 0 Å². The SMILES string of the molecule is CC(=O)c1cn(C[C@@H]2C[C@H](Oc3ccccc3)CN2C(=O)OC(C)(C)C)c2ccc(F)cc12. The van der Waals surface area contributed by atoms with Gasteiger partial charge >= 0.3 is 6.09 Å². The minimum Gasteiger partial charge on any atom is -0.489 e. The molecule has 1 aliphatic heterocycles. The zero-order valence-electron chi connectivity index (χ0n) is 19.4. The molecule has 1 saturated heterocycles. The highest BCUT2D eigenvalue weighted by Gasteiger charge is 2.39. The van der Waals surface area contributed by atoms with Crippen LogP contribution >= 0.6 is 0 Å². The van der Waals surface area contributed by atoms with Crippen LogP contribution in [-0.4, -0.2) is 45.6 Å². The number of carbonyl (C=O) groups is 2. The monoisotopic (exact) mass is 452 g/mol. The molecule has 0 unspecified atom stereocenters. The number of hydrogen-bond donors (Lipinski definition) is 0. The van der Waals surface area contributed by atoms with Gasteiger partial charge in [-0.25, -0.2) is 9.18 Å². The van der Waals surface area contributed by atoms with Gasteiger partial charge in [-0.05, 0) is 58.0 Å². The van der Waals surface area contributed by atoms with E-state index in [1.165, 1.54) is 19.1 Å². The van der Waals surface area contributed by atoms with E-state index in [4.69, 9.17) is 9.47 Å². The van der Waals surface area contributed by atoms with E-state index in [2.05, 4.69) is 0 Å². The third-order valence-electron chi connectivity index (χ3n) is 5.68. The standard InChI is InChI=1S/C26H29FN2O4/c1-17(30)23-16-28(24-11-10-18(27)12-22(23)24)14-19-13-21(32-20-8-6-5-7-9-20)15-29(19)25(31)33-26(2,3)4/h5-12,16,19,21H,13-15H2,1-4H3/t19-,21-/m0/s1. The molecule has 0 bridgehead atoms. The summed E-state index contributed by atoms with van der Waals surface area (Å²) in [4.78, 5) is 26.9. The molecule has 0 aliphatic carbocycles. The van der Waals surface area contributed by atoms with Crippen molar-refractivity contribution in [2.75, 3.05) is 6.54 Å². The van der Waals surface area contributed by atoms with Crippen molar-refractivity contribution in [3.05, 3.63) is 66.1 Å². The number of benzene rings is 2. The molecular weight excluding hydrogens is 423 g/mol. The van der Waals surface area contributed by atoms with E-state index < -0.39 is 17.5 Å². The zero-order valence-corrected chi connectivity index (χ0v) is 19.4. The molecule has 0 spiro atoms. The van der Waals surface area contributed by atoms with E-state index in [9.17, 15) is 14.0 Å². The zero-order chi connectivity index (χ0) is 23.8. The second-order valence-electron chi connectivity index (χ2n) is 9.49. The molecule has 0 radical (unpaired) electrons. The van der Waals surface area contributed by atoms with Crippen molar-refractivity contribution in [3.8, 4) is 5.75 Å². The Kier molecular flexibility index (Phi) is 6.15. The van der Waals surface area contributed by atoms with Crippen LogP contribution in [0.4, 0.5) is 9.18 Å². The molecule has 33 heavy (non-hydrogen) atoms. The molecule has 2 heterocycles. The summed E-state index contributed by atoms with van der Waals surface area (Å²) >= 11 is 0. The maximum absolute atomic E-state index is 13.9. The number of ketones is 1.